The van der Waals surface area contributed by atoms with Crippen molar-refractivity contribution in [1.82, 2.24) is 4.98 Å². The summed E-state index contributed by atoms with van der Waals surface area (Å²) in [4.78, 5) is 4.46. The van der Waals surface area contributed by atoms with Gasteiger partial charge in [0, 0.05) is 23.4 Å². The Hall–Kier alpha value is -1.30. The van der Waals surface area contributed by atoms with Crippen LogP contribution in [0.1, 0.15) is 12.6 Å². The van der Waals surface area contributed by atoms with E-state index in [1.165, 1.54) is 0 Å². The van der Waals surface area contributed by atoms with E-state index in [0.717, 1.165) is 11.1 Å². The molecule has 1 aromatic carbocycles. The highest BCUT2D eigenvalue weighted by atomic mass is 35.5. The molecule has 2 rings (SSSR count). The number of pyridine rings is 1. The first-order chi connectivity index (χ1) is 8.11. The Morgan fingerprint density at radius 3 is 2.65 bits per heavy atom. The molecule has 0 aliphatic heterocycles. The maximum absolute atomic E-state index is 8.78. The van der Waals surface area contributed by atoms with Crippen LogP contribution >= 0.6 is 23.2 Å². The summed E-state index contributed by atoms with van der Waals surface area (Å²) in [6.45, 7) is 1.87. The Kier molecular flexibility index (Phi) is 3.51. The number of hydrogen-bond acceptors (Lipinski definition) is 2. The van der Waals surface area contributed by atoms with Crippen LogP contribution in [-0.4, -0.2) is 4.98 Å². The largest absolute Gasteiger partial charge is 0.251 e. The predicted molar refractivity (Wildman–Crippen MR) is 70.2 cm³/mol. The number of aromatic nitrogens is 1. The molecule has 0 saturated heterocycles. The van der Waals surface area contributed by atoms with Gasteiger partial charge in [0.25, 0.3) is 0 Å². The molecule has 1 heterocycles. The van der Waals surface area contributed by atoms with Gasteiger partial charge in [-0.3, -0.25) is 4.98 Å². The summed E-state index contributed by atoms with van der Waals surface area (Å²) in [5.74, 6) is -0.0575. The van der Waals surface area contributed by atoms with Crippen molar-refractivity contribution < 1.29 is 0 Å². The molecule has 0 radical (unpaired) electrons. The Morgan fingerprint density at radius 2 is 1.94 bits per heavy atom. The first-order valence-corrected chi connectivity index (χ1v) is 6.00. The first kappa shape index (κ1) is 12.2. The van der Waals surface area contributed by atoms with Gasteiger partial charge in [0.1, 0.15) is 0 Å². The minimum atomic E-state index is -0.0575. The van der Waals surface area contributed by atoms with Crippen LogP contribution in [0.15, 0.2) is 24.3 Å². The highest BCUT2D eigenvalue weighted by molar-refractivity contribution is 6.39. The van der Waals surface area contributed by atoms with Crippen LogP contribution in [0.25, 0.3) is 10.9 Å². The van der Waals surface area contributed by atoms with E-state index in [1.54, 1.807) is 12.1 Å². The lowest BCUT2D eigenvalue weighted by atomic mass is 10.1. The lowest BCUT2D eigenvalue weighted by molar-refractivity contribution is 0.724. The summed E-state index contributed by atoms with van der Waals surface area (Å²) >= 11 is 12.1. The minimum Gasteiger partial charge on any atom is -0.251 e. The van der Waals surface area contributed by atoms with Gasteiger partial charge in [-0.25, -0.2) is 0 Å². The number of halogens is 2. The molecule has 1 aromatic heterocycles. The second-order valence-electron chi connectivity index (χ2n) is 3.96. The molecule has 2 aromatic rings. The molecule has 0 spiro atoms. The molecule has 0 aliphatic rings. The van der Waals surface area contributed by atoms with Crippen molar-refractivity contribution in [3.63, 3.8) is 0 Å². The van der Waals surface area contributed by atoms with E-state index < -0.39 is 0 Å². The molecular formula is C13H10Cl2N2. The molecule has 86 valence electrons. The SMILES string of the molecule is CC(C#N)Cc1ccc2c(Cl)ccc(Cl)c2n1. The van der Waals surface area contributed by atoms with Crippen LogP contribution in [0.5, 0.6) is 0 Å². The van der Waals surface area contributed by atoms with Crippen molar-refractivity contribution in [3.05, 3.63) is 40.0 Å². The third-order valence-electron chi connectivity index (χ3n) is 2.55. The summed E-state index contributed by atoms with van der Waals surface area (Å²) in [6.07, 6.45) is 0.620. The van der Waals surface area contributed by atoms with Gasteiger partial charge in [-0.15, -0.1) is 0 Å². The molecule has 0 fully saturated rings. The third-order valence-corrected chi connectivity index (χ3v) is 3.18. The molecule has 4 heteroatoms. The van der Waals surface area contributed by atoms with Crippen molar-refractivity contribution in [2.24, 2.45) is 5.92 Å². The van der Waals surface area contributed by atoms with Crippen molar-refractivity contribution >= 4 is 34.1 Å². The average molecular weight is 265 g/mol. The lowest BCUT2D eigenvalue weighted by Crippen LogP contribution is -1.99. The zero-order valence-electron chi connectivity index (χ0n) is 9.24. The summed E-state index contributed by atoms with van der Waals surface area (Å²) in [5, 5.41) is 10.8. The van der Waals surface area contributed by atoms with Crippen molar-refractivity contribution in [2.45, 2.75) is 13.3 Å². The molecule has 0 amide bonds. The number of nitrogens with zero attached hydrogens (tertiary/aromatic N) is 2. The molecule has 0 N–H and O–H groups in total. The molecule has 1 unspecified atom stereocenters. The predicted octanol–water partition coefficient (Wildman–Crippen LogP) is 4.24. The fourth-order valence-corrected chi connectivity index (χ4v) is 2.08. The van der Waals surface area contributed by atoms with Crippen LogP contribution in [0.4, 0.5) is 0 Å². The Balaban J connectivity index is 2.51. The topological polar surface area (TPSA) is 36.7 Å². The number of benzene rings is 1. The van der Waals surface area contributed by atoms with Gasteiger partial charge in [-0.05, 0) is 31.2 Å². The standard InChI is InChI=1S/C13H10Cl2N2/c1-8(7-16)6-9-2-3-10-11(14)4-5-12(15)13(10)17-9/h2-5,8H,6H2,1H3. The third kappa shape index (κ3) is 2.52. The maximum Gasteiger partial charge on any atom is 0.0906 e. The van der Waals surface area contributed by atoms with E-state index in [9.17, 15) is 0 Å². The number of nitriles is 1. The molecule has 0 saturated carbocycles. The van der Waals surface area contributed by atoms with E-state index in [2.05, 4.69) is 11.1 Å². The van der Waals surface area contributed by atoms with Crippen LogP contribution in [0.2, 0.25) is 10.0 Å². The second-order valence-corrected chi connectivity index (χ2v) is 4.78. The quantitative estimate of drug-likeness (QED) is 0.814. The minimum absolute atomic E-state index is 0.0575. The first-order valence-electron chi connectivity index (χ1n) is 5.25. The number of hydrogen-bond donors (Lipinski definition) is 0. The van der Waals surface area contributed by atoms with E-state index in [0.29, 0.717) is 22.0 Å². The van der Waals surface area contributed by atoms with Gasteiger partial charge >= 0.3 is 0 Å². The monoisotopic (exact) mass is 264 g/mol. The van der Waals surface area contributed by atoms with E-state index >= 15 is 0 Å². The van der Waals surface area contributed by atoms with Gasteiger partial charge in [0.2, 0.25) is 0 Å². The smallest absolute Gasteiger partial charge is 0.0906 e. The summed E-state index contributed by atoms with van der Waals surface area (Å²) < 4.78 is 0. The summed E-state index contributed by atoms with van der Waals surface area (Å²) in [7, 11) is 0. The Bertz CT molecular complexity index is 602. The van der Waals surface area contributed by atoms with Crippen molar-refractivity contribution in [2.75, 3.05) is 0 Å². The Labute approximate surface area is 110 Å². The molecule has 0 aliphatic carbocycles. The number of rotatable bonds is 2. The highest BCUT2D eigenvalue weighted by Crippen LogP contribution is 2.28. The molecular weight excluding hydrogens is 255 g/mol. The lowest BCUT2D eigenvalue weighted by Gasteiger charge is -2.06. The van der Waals surface area contributed by atoms with Crippen LogP contribution < -0.4 is 0 Å². The van der Waals surface area contributed by atoms with Gasteiger partial charge in [0.05, 0.1) is 21.6 Å². The second kappa shape index (κ2) is 4.91. The van der Waals surface area contributed by atoms with Gasteiger partial charge in [0.15, 0.2) is 0 Å². The maximum atomic E-state index is 8.78. The van der Waals surface area contributed by atoms with E-state index in [1.807, 2.05) is 19.1 Å². The Morgan fingerprint density at radius 1 is 1.24 bits per heavy atom. The zero-order valence-corrected chi connectivity index (χ0v) is 10.8. The number of fused-ring (bicyclic) bond motifs is 1. The van der Waals surface area contributed by atoms with Crippen molar-refractivity contribution in [1.29, 1.82) is 5.26 Å². The highest BCUT2D eigenvalue weighted by Gasteiger charge is 2.08. The fourth-order valence-electron chi connectivity index (χ4n) is 1.66. The molecule has 1 atom stereocenters. The van der Waals surface area contributed by atoms with E-state index in [4.69, 9.17) is 28.5 Å². The average Bonchev–Trinajstić information content (AvgIpc) is 2.34. The van der Waals surface area contributed by atoms with Crippen LogP contribution in [0, 0.1) is 17.2 Å². The molecule has 17 heavy (non-hydrogen) atoms. The summed E-state index contributed by atoms with van der Waals surface area (Å²) in [6, 6.07) is 9.46. The summed E-state index contributed by atoms with van der Waals surface area (Å²) in [5.41, 5.74) is 1.55. The van der Waals surface area contributed by atoms with Gasteiger partial charge in [-0.2, -0.15) is 5.26 Å². The van der Waals surface area contributed by atoms with Gasteiger partial charge < -0.3 is 0 Å². The fraction of sp³-hybridized carbons (Fsp3) is 0.231. The zero-order chi connectivity index (χ0) is 12.4. The molecule has 2 nitrogen and oxygen atoms in total. The molecule has 0 bridgehead atoms. The van der Waals surface area contributed by atoms with Crippen LogP contribution in [0.3, 0.4) is 0 Å². The van der Waals surface area contributed by atoms with Crippen molar-refractivity contribution in [3.8, 4) is 6.07 Å². The van der Waals surface area contributed by atoms with Crippen LogP contribution in [-0.2, 0) is 6.42 Å². The normalized spacial score (nSPS) is 12.4. The van der Waals surface area contributed by atoms with E-state index in [-0.39, 0.29) is 5.92 Å². The van der Waals surface area contributed by atoms with Gasteiger partial charge in [-0.1, -0.05) is 23.2 Å².